The summed E-state index contributed by atoms with van der Waals surface area (Å²) in [6.45, 7) is 0. The maximum Gasteiger partial charge on any atom is 0.159 e. The van der Waals surface area contributed by atoms with E-state index in [2.05, 4.69) is 46.8 Å². The number of halogens is 2. The van der Waals surface area contributed by atoms with E-state index in [1.54, 1.807) is 6.20 Å². The summed E-state index contributed by atoms with van der Waals surface area (Å²) in [4.78, 5) is 12.1. The first-order valence-electron chi connectivity index (χ1n) is 6.13. The summed E-state index contributed by atoms with van der Waals surface area (Å²) in [5, 5.41) is 0. The van der Waals surface area contributed by atoms with Gasteiger partial charge in [0.25, 0.3) is 0 Å². The zero-order valence-electron chi connectivity index (χ0n) is 10.7. The quantitative estimate of drug-likeness (QED) is 0.562. The second-order valence-electron chi connectivity index (χ2n) is 4.28. The minimum Gasteiger partial charge on any atom is -0.337 e. The Balaban J connectivity index is 2.24. The lowest BCUT2D eigenvalue weighted by molar-refractivity contribution is 1.11. The van der Waals surface area contributed by atoms with Gasteiger partial charge < -0.3 is 4.98 Å². The van der Waals surface area contributed by atoms with Gasteiger partial charge in [-0.15, -0.1) is 0 Å². The highest BCUT2D eigenvalue weighted by atomic mass is 79.9. The summed E-state index contributed by atoms with van der Waals surface area (Å²) in [5.41, 5.74) is 2.66. The zero-order valence-corrected chi connectivity index (χ0v) is 14.7. The van der Waals surface area contributed by atoms with Crippen LogP contribution in [0.15, 0.2) is 57.6 Å². The van der Waals surface area contributed by atoms with Crippen molar-refractivity contribution in [1.29, 1.82) is 0 Å². The Labute approximate surface area is 143 Å². The Hall–Kier alpha value is -1.37. The van der Waals surface area contributed by atoms with Crippen LogP contribution < -0.4 is 0 Å². The van der Waals surface area contributed by atoms with Crippen molar-refractivity contribution >= 4 is 44.1 Å². The fourth-order valence-corrected chi connectivity index (χ4v) is 2.99. The lowest BCUT2D eigenvalue weighted by atomic mass is 10.1. The second-order valence-corrected chi connectivity index (χ2v) is 6.31. The van der Waals surface area contributed by atoms with Gasteiger partial charge >= 0.3 is 0 Å². The molecule has 0 aliphatic carbocycles. The molecular formula is C15H9Br2N3S. The molecule has 0 unspecified atom stereocenters. The monoisotopic (exact) mass is 421 g/mol. The first-order chi connectivity index (χ1) is 10.2. The molecule has 6 heteroatoms. The number of hydrogen-bond donors (Lipinski definition) is 1. The standard InChI is InChI=1S/C15H9Br2N3S/c16-10-7-4-8-18-13(10)14-19-12(11(17)15(21)20-14)9-5-2-1-3-6-9/h1-8H,(H,19,20,21). The number of hydrogen-bond acceptors (Lipinski definition) is 3. The van der Waals surface area contributed by atoms with Crippen LogP contribution in [0.5, 0.6) is 0 Å². The van der Waals surface area contributed by atoms with Crippen LogP contribution in [-0.4, -0.2) is 15.0 Å². The predicted octanol–water partition coefficient (Wildman–Crippen LogP) is 5.39. The van der Waals surface area contributed by atoms with Crippen molar-refractivity contribution in [2.75, 3.05) is 0 Å². The number of aromatic nitrogens is 3. The molecule has 0 radical (unpaired) electrons. The number of rotatable bonds is 2. The Morgan fingerprint density at radius 2 is 1.76 bits per heavy atom. The van der Waals surface area contributed by atoms with Gasteiger partial charge in [-0.05, 0) is 49.6 Å². The van der Waals surface area contributed by atoms with Crippen LogP contribution in [-0.2, 0) is 0 Å². The van der Waals surface area contributed by atoms with E-state index in [0.717, 1.165) is 25.9 Å². The highest BCUT2D eigenvalue weighted by molar-refractivity contribution is 9.11. The van der Waals surface area contributed by atoms with E-state index in [1.165, 1.54) is 0 Å². The second kappa shape index (κ2) is 6.17. The molecule has 1 N–H and O–H groups in total. The average molecular weight is 423 g/mol. The fraction of sp³-hybridized carbons (Fsp3) is 0. The number of H-pyrrole nitrogens is 1. The highest BCUT2D eigenvalue weighted by Crippen LogP contribution is 2.30. The summed E-state index contributed by atoms with van der Waals surface area (Å²) in [6.07, 6.45) is 1.73. The molecule has 3 aromatic rings. The maximum atomic E-state index is 5.35. The molecule has 0 amide bonds. The first-order valence-corrected chi connectivity index (χ1v) is 8.12. The van der Waals surface area contributed by atoms with Gasteiger partial charge in [-0.3, -0.25) is 4.98 Å². The summed E-state index contributed by atoms with van der Waals surface area (Å²) in [5.74, 6) is 0.634. The third-order valence-electron chi connectivity index (χ3n) is 2.91. The van der Waals surface area contributed by atoms with Gasteiger partial charge in [-0.2, -0.15) is 0 Å². The van der Waals surface area contributed by atoms with Gasteiger partial charge in [0.15, 0.2) is 5.82 Å². The van der Waals surface area contributed by atoms with Crippen LogP contribution in [0.3, 0.4) is 0 Å². The van der Waals surface area contributed by atoms with E-state index in [9.17, 15) is 0 Å². The van der Waals surface area contributed by atoms with E-state index in [0.29, 0.717) is 10.5 Å². The average Bonchev–Trinajstić information content (AvgIpc) is 2.51. The molecule has 2 aromatic heterocycles. The summed E-state index contributed by atoms with van der Waals surface area (Å²) < 4.78 is 2.14. The smallest absolute Gasteiger partial charge is 0.159 e. The van der Waals surface area contributed by atoms with E-state index in [4.69, 9.17) is 12.2 Å². The number of nitrogens with zero attached hydrogens (tertiary/aromatic N) is 2. The summed E-state index contributed by atoms with van der Waals surface area (Å²) >= 11 is 12.4. The third-order valence-corrected chi connectivity index (χ3v) is 4.88. The van der Waals surface area contributed by atoms with Crippen molar-refractivity contribution in [3.63, 3.8) is 0 Å². The number of pyridine rings is 1. The predicted molar refractivity (Wildman–Crippen MR) is 93.5 cm³/mol. The molecule has 0 spiro atoms. The zero-order chi connectivity index (χ0) is 14.8. The molecule has 104 valence electrons. The van der Waals surface area contributed by atoms with Crippen molar-refractivity contribution in [2.45, 2.75) is 0 Å². The van der Waals surface area contributed by atoms with Gasteiger partial charge in [-0.1, -0.05) is 42.5 Å². The summed E-state index contributed by atoms with van der Waals surface area (Å²) in [6, 6.07) is 13.8. The Kier molecular flexibility index (Phi) is 4.28. The Bertz CT molecular complexity index is 847. The van der Waals surface area contributed by atoms with E-state index >= 15 is 0 Å². The maximum absolute atomic E-state index is 5.35. The van der Waals surface area contributed by atoms with Crippen molar-refractivity contribution < 1.29 is 0 Å². The SMILES string of the molecule is S=c1nc(-c2ncccc2Br)[nH]c(-c2ccccc2)c1Br. The lowest BCUT2D eigenvalue weighted by Crippen LogP contribution is -1.97. The molecule has 0 fully saturated rings. The molecule has 0 saturated heterocycles. The molecular weight excluding hydrogens is 414 g/mol. The van der Waals surface area contributed by atoms with Crippen molar-refractivity contribution in [2.24, 2.45) is 0 Å². The molecule has 0 bridgehead atoms. The third kappa shape index (κ3) is 2.97. The molecule has 0 aliphatic heterocycles. The van der Waals surface area contributed by atoms with Crippen LogP contribution >= 0.6 is 44.1 Å². The van der Waals surface area contributed by atoms with Gasteiger partial charge in [0.05, 0.1) is 10.2 Å². The van der Waals surface area contributed by atoms with Crippen molar-refractivity contribution in [3.8, 4) is 22.8 Å². The van der Waals surface area contributed by atoms with E-state index < -0.39 is 0 Å². The first kappa shape index (κ1) is 14.6. The minimum atomic E-state index is 0.500. The molecule has 0 aliphatic rings. The fourth-order valence-electron chi connectivity index (χ4n) is 1.93. The molecule has 21 heavy (non-hydrogen) atoms. The summed E-state index contributed by atoms with van der Waals surface area (Å²) in [7, 11) is 0. The van der Waals surface area contributed by atoms with Crippen LogP contribution in [0.25, 0.3) is 22.8 Å². The van der Waals surface area contributed by atoms with Gasteiger partial charge in [-0.25, -0.2) is 4.98 Å². The minimum absolute atomic E-state index is 0.500. The number of aromatic amines is 1. The van der Waals surface area contributed by atoms with Crippen molar-refractivity contribution in [1.82, 2.24) is 15.0 Å². The number of benzene rings is 1. The molecule has 0 saturated carbocycles. The topological polar surface area (TPSA) is 41.6 Å². The van der Waals surface area contributed by atoms with E-state index in [-0.39, 0.29) is 0 Å². The van der Waals surface area contributed by atoms with Crippen LogP contribution in [0.2, 0.25) is 0 Å². The van der Waals surface area contributed by atoms with Gasteiger partial charge in [0, 0.05) is 10.7 Å². The van der Waals surface area contributed by atoms with Crippen LogP contribution in [0.4, 0.5) is 0 Å². The van der Waals surface area contributed by atoms with Crippen molar-refractivity contribution in [3.05, 3.63) is 62.2 Å². The molecule has 2 heterocycles. The largest absolute Gasteiger partial charge is 0.337 e. The normalized spacial score (nSPS) is 10.6. The molecule has 0 atom stereocenters. The van der Waals surface area contributed by atoms with E-state index in [1.807, 2.05) is 42.5 Å². The number of nitrogens with one attached hydrogen (secondary N) is 1. The van der Waals surface area contributed by atoms with Gasteiger partial charge in [0.2, 0.25) is 0 Å². The Morgan fingerprint density at radius 1 is 1.00 bits per heavy atom. The van der Waals surface area contributed by atoms with Gasteiger partial charge in [0.1, 0.15) is 10.3 Å². The lowest BCUT2D eigenvalue weighted by Gasteiger charge is -2.09. The molecule has 3 nitrogen and oxygen atoms in total. The highest BCUT2D eigenvalue weighted by Gasteiger charge is 2.12. The Morgan fingerprint density at radius 3 is 2.48 bits per heavy atom. The van der Waals surface area contributed by atoms with Crippen LogP contribution in [0.1, 0.15) is 0 Å². The molecule has 3 rings (SSSR count). The van der Waals surface area contributed by atoms with Crippen LogP contribution in [0, 0.1) is 4.64 Å². The molecule has 1 aromatic carbocycles.